The van der Waals surface area contributed by atoms with E-state index in [2.05, 4.69) is 15.8 Å². The van der Waals surface area contributed by atoms with E-state index in [0.717, 1.165) is 40.8 Å². The lowest BCUT2D eigenvalue weighted by Gasteiger charge is -2.42. The summed E-state index contributed by atoms with van der Waals surface area (Å²) >= 11 is 6.85. The van der Waals surface area contributed by atoms with Gasteiger partial charge in [-0.25, -0.2) is 19.8 Å². The fraction of sp³-hybridized carbons (Fsp3) is 0.615. The third-order valence-corrected chi connectivity index (χ3v) is 20.3. The number of methoxy groups -OCH3 is 2. The number of nitrogens with zero attached hydrogens (tertiary/aromatic N) is 4. The highest BCUT2D eigenvalue weighted by Crippen LogP contribution is 2.49. The minimum Gasteiger partial charge on any atom is -0.495 e. The van der Waals surface area contributed by atoms with Gasteiger partial charge in [-0.05, 0) is 102 Å². The van der Waals surface area contributed by atoms with Crippen LogP contribution in [0.5, 0.6) is 11.5 Å². The summed E-state index contributed by atoms with van der Waals surface area (Å²) in [5.74, 6) is -2.83. The predicted octanol–water partition coefficient (Wildman–Crippen LogP) is 6.75. The molecule has 0 unspecified atom stereocenters. The number of anilines is 1. The van der Waals surface area contributed by atoms with E-state index in [1.54, 1.807) is 45.2 Å². The number of hydrogen-bond donors (Lipinski definition) is 3. The third kappa shape index (κ3) is 21.1. The molecule has 0 saturated carbocycles. The molecule has 94 heavy (non-hydrogen) atoms. The minimum atomic E-state index is -1.88. The van der Waals surface area contributed by atoms with Crippen molar-refractivity contribution >= 4 is 92.2 Å². The number of allylic oxidation sites excluding steroid dienone is 3. The van der Waals surface area contributed by atoms with E-state index in [0.29, 0.717) is 87.1 Å². The number of aryl methyl sites for hydroxylation is 1. The Hall–Kier alpha value is -6.34. The van der Waals surface area contributed by atoms with Gasteiger partial charge in [-0.3, -0.25) is 29.3 Å². The number of aliphatic hydroxyl groups is 1. The van der Waals surface area contributed by atoms with Gasteiger partial charge in [0, 0.05) is 75.3 Å². The van der Waals surface area contributed by atoms with Crippen LogP contribution < -0.4 is 25.1 Å². The van der Waals surface area contributed by atoms with Crippen molar-refractivity contribution in [2.75, 3.05) is 98.4 Å². The van der Waals surface area contributed by atoms with Gasteiger partial charge in [-0.15, -0.1) is 5.06 Å². The molecule has 2 aromatic carbocycles. The molecule has 0 radical (unpaired) electrons. The van der Waals surface area contributed by atoms with Crippen molar-refractivity contribution in [3.63, 3.8) is 0 Å². The number of esters is 1. The Bertz CT molecular complexity index is 3120. The van der Waals surface area contributed by atoms with Crippen LogP contribution in [0.25, 0.3) is 0 Å². The SMILES string of the molecule is COc1cc2cc(c1Cl)N(C)C(=O)C[C@H](OC(=O)[C@H](C)N(C)C(=O)CCSSC(C)(C)CC(=O)N/N=C1\CCCc3cc(OCCOCCOCCOCCOCCC(=O)ON4C(=O)CCC4=O)ccc31)[C@]1(C)O[C@H]1[C@H](C)[C@@H]1C[C@@](O)(NC(=O)O1)[C@H](OC)/C=C/C=C(\C)C2. The maximum absolute atomic E-state index is 14.4. The van der Waals surface area contributed by atoms with Crippen molar-refractivity contribution in [2.24, 2.45) is 11.0 Å². The highest BCUT2D eigenvalue weighted by Gasteiger charge is 2.64. The molecule has 518 valence electrons. The van der Waals surface area contributed by atoms with E-state index >= 15 is 0 Å². The summed E-state index contributed by atoms with van der Waals surface area (Å²) in [5.41, 5.74) is 4.40. The van der Waals surface area contributed by atoms with Crippen LogP contribution in [-0.4, -0.2) is 208 Å². The second-order valence-electron chi connectivity index (χ2n) is 24.4. The highest BCUT2D eigenvalue weighted by molar-refractivity contribution is 8.77. The van der Waals surface area contributed by atoms with Crippen LogP contribution >= 0.6 is 33.2 Å². The molecule has 3 saturated heterocycles. The van der Waals surface area contributed by atoms with E-state index in [1.165, 1.54) is 59.6 Å². The molecule has 26 nitrogen and oxygen atoms in total. The zero-order chi connectivity index (χ0) is 68.3. The number of rotatable bonds is 30. The Morgan fingerprint density at radius 1 is 0.926 bits per heavy atom. The summed E-state index contributed by atoms with van der Waals surface area (Å²) in [6.45, 7) is 13.5. The number of hydrogen-bond acceptors (Lipinski definition) is 23. The zero-order valence-electron chi connectivity index (χ0n) is 55.1. The first kappa shape index (κ1) is 75.0. The molecule has 8 atom stereocenters. The van der Waals surface area contributed by atoms with Crippen molar-refractivity contribution < 1.29 is 95.7 Å². The van der Waals surface area contributed by atoms with Crippen LogP contribution in [0.2, 0.25) is 5.02 Å². The molecule has 5 aliphatic rings. The molecule has 0 spiro atoms. The van der Waals surface area contributed by atoms with Gasteiger partial charge in [0.25, 0.3) is 11.8 Å². The van der Waals surface area contributed by atoms with E-state index in [9.17, 15) is 43.5 Å². The van der Waals surface area contributed by atoms with Gasteiger partial charge in [-0.2, -0.15) is 5.10 Å². The van der Waals surface area contributed by atoms with Gasteiger partial charge >= 0.3 is 18.0 Å². The first-order valence-corrected chi connectivity index (χ1v) is 34.1. The monoisotopic (exact) mass is 1370 g/mol. The number of fused-ring (bicyclic) bond motifs is 6. The average molecular weight is 1370 g/mol. The molecule has 4 aliphatic heterocycles. The molecular formula is C65H89ClN6O20S2. The maximum Gasteiger partial charge on any atom is 0.409 e. The van der Waals surface area contributed by atoms with E-state index in [1.807, 2.05) is 45.0 Å². The van der Waals surface area contributed by atoms with Gasteiger partial charge in [0.15, 0.2) is 5.72 Å². The molecule has 4 bridgehead atoms. The number of imide groups is 1. The summed E-state index contributed by atoms with van der Waals surface area (Å²) in [7, 11) is 8.85. The second-order valence-corrected chi connectivity index (χ2v) is 27.9. The first-order chi connectivity index (χ1) is 44.8. The van der Waals surface area contributed by atoms with E-state index in [4.69, 9.17) is 63.8 Å². The lowest BCUT2D eigenvalue weighted by molar-refractivity contribution is -0.198. The molecule has 2 aromatic rings. The maximum atomic E-state index is 14.4. The summed E-state index contributed by atoms with van der Waals surface area (Å²) in [6.07, 6.45) is 3.03. The van der Waals surface area contributed by atoms with Crippen molar-refractivity contribution in [1.82, 2.24) is 20.7 Å². The zero-order valence-corrected chi connectivity index (χ0v) is 57.5. The summed E-state index contributed by atoms with van der Waals surface area (Å²) in [4.78, 5) is 111. The third-order valence-electron chi connectivity index (χ3n) is 16.6. The molecule has 3 N–H and O–H groups in total. The van der Waals surface area contributed by atoms with Gasteiger partial charge < -0.3 is 67.1 Å². The number of epoxide rings is 1. The number of ether oxygens (including phenoxy) is 10. The van der Waals surface area contributed by atoms with Crippen LogP contribution in [0.3, 0.4) is 0 Å². The number of hydroxylamine groups is 2. The van der Waals surface area contributed by atoms with E-state index in [-0.39, 0.29) is 75.0 Å². The molecular weight excluding hydrogens is 1280 g/mol. The van der Waals surface area contributed by atoms with Crippen LogP contribution in [0.1, 0.15) is 116 Å². The largest absolute Gasteiger partial charge is 0.495 e. The average Bonchev–Trinajstić information content (AvgIpc) is 1.57. The van der Waals surface area contributed by atoms with Crippen LogP contribution in [0.4, 0.5) is 10.5 Å². The number of hydrazone groups is 1. The Morgan fingerprint density at radius 3 is 2.27 bits per heavy atom. The fourth-order valence-corrected chi connectivity index (χ4v) is 13.9. The topological polar surface area (TPSA) is 308 Å². The van der Waals surface area contributed by atoms with Crippen LogP contribution in [-0.2, 0) is 89.1 Å². The van der Waals surface area contributed by atoms with E-state index < -0.39 is 88.2 Å². The molecule has 1 aliphatic carbocycles. The number of amides is 6. The van der Waals surface area contributed by atoms with Crippen molar-refractivity contribution in [3.05, 3.63) is 75.8 Å². The van der Waals surface area contributed by atoms with Crippen LogP contribution in [0, 0.1) is 5.92 Å². The standard InChI is InChI=1S/C65H89ClN6O20S2/c1-40-13-11-16-51(83-10)65(81)38-50(89-62(80)67-65)41(2)60-64(6,91-60)52(37-57(77)71(8)48-34-43(33-40)35-49(82-9)59(48)66)90-61(79)42(3)70(7)54(74)22-32-93-94-63(4,5)39-53(73)69-68-47-15-12-14-44-36-45(17-18-46(44)47)88-31-30-87-29-28-86-27-26-85-25-24-84-23-21-58(78)92-72-55(75)19-20-56(72)76/h11,13,16-18,34-36,41-42,50-52,60,81H,12,14-15,19-33,37-39H2,1-10H3,(H,67,80)(H,69,73)/b16-11+,40-13+,68-47+/t41-,42+,50+,51-,52+,60+,64+,65+/m1/s1. The Morgan fingerprint density at radius 2 is 1.60 bits per heavy atom. The van der Waals surface area contributed by atoms with Crippen molar-refractivity contribution in [1.29, 1.82) is 0 Å². The van der Waals surface area contributed by atoms with Gasteiger partial charge in [0.05, 0.1) is 90.3 Å². The van der Waals surface area contributed by atoms with Crippen molar-refractivity contribution in [2.45, 2.75) is 159 Å². The Labute approximate surface area is 561 Å². The molecule has 7 rings (SSSR count). The molecule has 0 aromatic heterocycles. The number of carbonyl (C=O) groups excluding carboxylic acids is 8. The minimum absolute atomic E-state index is 0.0329. The van der Waals surface area contributed by atoms with Crippen LogP contribution in [0.15, 0.2) is 59.2 Å². The summed E-state index contributed by atoms with van der Waals surface area (Å²) in [6, 6.07) is 8.27. The summed E-state index contributed by atoms with van der Waals surface area (Å²) in [5, 5.41) is 19.7. The Balaban J connectivity index is 0.822. The molecule has 29 heteroatoms. The molecule has 3 fully saturated rings. The summed E-state index contributed by atoms with van der Waals surface area (Å²) < 4.78 is 57.0. The fourth-order valence-electron chi connectivity index (χ4n) is 11.1. The van der Waals surface area contributed by atoms with Gasteiger partial charge in [-0.1, -0.05) is 63.9 Å². The number of nitrogens with one attached hydrogen (secondary N) is 2. The smallest absolute Gasteiger partial charge is 0.409 e. The second kappa shape index (κ2) is 35.1. The van der Waals surface area contributed by atoms with Gasteiger partial charge in [0.2, 0.25) is 17.7 Å². The molecule has 4 heterocycles. The van der Waals surface area contributed by atoms with Crippen molar-refractivity contribution in [3.8, 4) is 11.5 Å². The number of likely N-dealkylation sites (N-methyl/N-ethyl adjacent to an activating group) is 1. The van der Waals surface area contributed by atoms with Gasteiger partial charge in [0.1, 0.15) is 53.1 Å². The number of alkyl carbamates (subject to hydrolysis) is 1. The highest BCUT2D eigenvalue weighted by atomic mass is 35.5. The normalized spacial score (nSPS) is 24.8. The Kier molecular flexibility index (Phi) is 28.0. The lowest BCUT2D eigenvalue weighted by atomic mass is 9.83. The quantitative estimate of drug-likeness (QED) is 0.0182. The molecule has 6 amide bonds. The first-order valence-electron chi connectivity index (χ1n) is 31.4. The number of benzene rings is 2. The predicted molar refractivity (Wildman–Crippen MR) is 349 cm³/mol. The number of carbonyl (C=O) groups is 8. The lowest BCUT2D eigenvalue weighted by Crippen LogP contribution is -2.63. The number of halogens is 1.